The average molecular weight is 424 g/mol. The first-order chi connectivity index (χ1) is 12.5. The van der Waals surface area contributed by atoms with Crippen LogP contribution < -0.4 is 10.1 Å². The fourth-order valence-electron chi connectivity index (χ4n) is 2.39. The Bertz CT molecular complexity index is 726. The molecule has 1 aliphatic rings. The number of hydrogen-bond acceptors (Lipinski definition) is 4. The Labute approximate surface area is 165 Å². The minimum absolute atomic E-state index is 0.126. The molecule has 0 bridgehead atoms. The minimum Gasteiger partial charge on any atom is -0.449 e. The number of nitrogens with one attached hydrogen (secondary N) is 1. The number of rotatable bonds is 7. The fourth-order valence-corrected chi connectivity index (χ4v) is 3.69. The summed E-state index contributed by atoms with van der Waals surface area (Å²) in [6, 6.07) is 2.92. The lowest BCUT2D eigenvalue weighted by Crippen LogP contribution is -2.39. The zero-order valence-corrected chi connectivity index (χ0v) is 16.7. The molecule has 0 saturated heterocycles. The first kappa shape index (κ1) is 21.9. The molecule has 0 saturated carbocycles. The molecule has 1 amide bonds. The summed E-state index contributed by atoms with van der Waals surface area (Å²) in [4.78, 5) is 11.2. The van der Waals surface area contributed by atoms with Crippen molar-refractivity contribution in [3.05, 3.63) is 40.0 Å². The molecule has 150 valence electrons. The predicted molar refractivity (Wildman–Crippen MR) is 99.6 cm³/mol. The molecular weight excluding hydrogens is 403 g/mol. The molecule has 0 radical (unpaired) electrons. The van der Waals surface area contributed by atoms with Crippen molar-refractivity contribution in [1.82, 2.24) is 5.32 Å². The van der Waals surface area contributed by atoms with Crippen LogP contribution in [0.5, 0.6) is 5.75 Å². The van der Waals surface area contributed by atoms with Gasteiger partial charge in [-0.3, -0.25) is 4.79 Å². The van der Waals surface area contributed by atoms with E-state index in [0.29, 0.717) is 18.1 Å². The Kier molecular flexibility index (Phi) is 7.10. The zero-order valence-electron chi connectivity index (χ0n) is 15.2. The summed E-state index contributed by atoms with van der Waals surface area (Å²) < 4.78 is 49.6. The van der Waals surface area contributed by atoms with E-state index in [-0.39, 0.29) is 16.7 Å². The van der Waals surface area contributed by atoms with Crippen molar-refractivity contribution in [3.8, 4) is 5.75 Å². The van der Waals surface area contributed by atoms with Crippen LogP contribution in [0.4, 0.5) is 13.2 Å². The van der Waals surface area contributed by atoms with Gasteiger partial charge in [-0.2, -0.15) is 13.2 Å². The Balaban J connectivity index is 1.96. The van der Waals surface area contributed by atoms with E-state index in [1.165, 1.54) is 17.8 Å². The van der Waals surface area contributed by atoms with E-state index in [4.69, 9.17) is 21.1 Å². The number of benzene rings is 1. The minimum atomic E-state index is -4.47. The van der Waals surface area contributed by atoms with E-state index in [2.05, 4.69) is 5.32 Å². The van der Waals surface area contributed by atoms with Gasteiger partial charge >= 0.3 is 6.18 Å². The summed E-state index contributed by atoms with van der Waals surface area (Å²) in [5.74, 6) is -0.0692. The summed E-state index contributed by atoms with van der Waals surface area (Å²) in [6.07, 6.45) is -2.04. The number of amides is 1. The maximum atomic E-state index is 12.7. The Morgan fingerprint density at radius 1 is 1.44 bits per heavy atom. The summed E-state index contributed by atoms with van der Waals surface area (Å²) in [7, 11) is 0. The molecule has 1 heterocycles. The van der Waals surface area contributed by atoms with Crippen LogP contribution >= 0.6 is 23.4 Å². The summed E-state index contributed by atoms with van der Waals surface area (Å²) in [5.41, 5.74) is -0.840. The van der Waals surface area contributed by atoms with Crippen molar-refractivity contribution in [3.63, 3.8) is 0 Å². The third-order valence-corrected chi connectivity index (χ3v) is 5.21. The lowest BCUT2D eigenvalue weighted by Gasteiger charge is -2.27. The van der Waals surface area contributed by atoms with Crippen LogP contribution in [0.3, 0.4) is 0 Å². The number of carbonyl (C=O) groups excluding carboxylic acids is 1. The Hall–Kier alpha value is -1.38. The fraction of sp³-hybridized carbons (Fsp3) is 0.500. The molecule has 1 aliphatic heterocycles. The molecule has 2 unspecified atom stereocenters. The van der Waals surface area contributed by atoms with Gasteiger partial charge in [-0.1, -0.05) is 30.3 Å². The van der Waals surface area contributed by atoms with E-state index < -0.39 is 22.8 Å². The van der Waals surface area contributed by atoms with E-state index in [0.717, 1.165) is 18.6 Å². The monoisotopic (exact) mass is 423 g/mol. The van der Waals surface area contributed by atoms with E-state index in [9.17, 15) is 18.0 Å². The standard InChI is InChI=1S/C18H21ClF3NO3S/c1-4-9-23-16(24)11(2)26-17(3)8-7-15(27-17)25-14-6-5-12(10-13(14)19)18(20,21)22/h5-7,10-11H,4,8-9H2,1-3H3,(H,23,24). The first-order valence-corrected chi connectivity index (χ1v) is 9.63. The van der Waals surface area contributed by atoms with Crippen LogP contribution in [0, 0.1) is 0 Å². The second kappa shape index (κ2) is 8.75. The number of alkyl halides is 3. The molecule has 4 nitrogen and oxygen atoms in total. The van der Waals surface area contributed by atoms with Gasteiger partial charge in [-0.05, 0) is 44.5 Å². The molecule has 1 N–H and O–H groups in total. The van der Waals surface area contributed by atoms with Crippen molar-refractivity contribution in [1.29, 1.82) is 0 Å². The molecule has 0 spiro atoms. The van der Waals surface area contributed by atoms with Gasteiger partial charge < -0.3 is 14.8 Å². The van der Waals surface area contributed by atoms with Crippen LogP contribution in [0.1, 0.15) is 39.2 Å². The van der Waals surface area contributed by atoms with Crippen LogP contribution in [-0.2, 0) is 15.7 Å². The van der Waals surface area contributed by atoms with E-state index >= 15 is 0 Å². The lowest BCUT2D eigenvalue weighted by molar-refractivity contribution is -0.137. The molecule has 2 rings (SSSR count). The molecule has 9 heteroatoms. The molecule has 0 aliphatic carbocycles. The number of halogens is 4. The summed E-state index contributed by atoms with van der Waals surface area (Å²) in [5, 5.41) is 3.10. The van der Waals surface area contributed by atoms with Crippen molar-refractivity contribution >= 4 is 29.3 Å². The van der Waals surface area contributed by atoms with Gasteiger partial charge in [0.25, 0.3) is 0 Å². The van der Waals surface area contributed by atoms with E-state index in [1.807, 2.05) is 13.8 Å². The highest BCUT2D eigenvalue weighted by Crippen LogP contribution is 2.45. The number of thioether (sulfide) groups is 1. The van der Waals surface area contributed by atoms with Crippen LogP contribution in [0.15, 0.2) is 29.4 Å². The topological polar surface area (TPSA) is 47.6 Å². The maximum absolute atomic E-state index is 12.7. The molecule has 27 heavy (non-hydrogen) atoms. The highest BCUT2D eigenvalue weighted by atomic mass is 35.5. The highest BCUT2D eigenvalue weighted by molar-refractivity contribution is 8.04. The number of carbonyl (C=O) groups is 1. The number of ether oxygens (including phenoxy) is 2. The summed E-state index contributed by atoms with van der Waals surface area (Å²) in [6.45, 7) is 6.03. The zero-order chi connectivity index (χ0) is 20.2. The Morgan fingerprint density at radius 3 is 2.74 bits per heavy atom. The van der Waals surface area contributed by atoms with Gasteiger partial charge in [0.1, 0.15) is 16.8 Å². The van der Waals surface area contributed by atoms with Crippen molar-refractivity contribution in [2.75, 3.05) is 6.54 Å². The number of hydrogen-bond donors (Lipinski definition) is 1. The molecular formula is C18H21ClF3NO3S. The predicted octanol–water partition coefficient (Wildman–Crippen LogP) is 5.36. The van der Waals surface area contributed by atoms with Crippen molar-refractivity contribution < 1.29 is 27.4 Å². The SMILES string of the molecule is CCCNC(=O)C(C)OC1(C)CC=C(Oc2ccc(C(F)(F)F)cc2Cl)S1. The second-order valence-electron chi connectivity index (χ2n) is 6.26. The maximum Gasteiger partial charge on any atom is 0.416 e. The molecule has 0 aromatic heterocycles. The highest BCUT2D eigenvalue weighted by Gasteiger charge is 2.37. The third-order valence-electron chi connectivity index (χ3n) is 3.77. The third kappa shape index (κ3) is 6.05. The second-order valence-corrected chi connectivity index (χ2v) is 8.14. The quantitative estimate of drug-likeness (QED) is 0.641. The molecule has 0 fully saturated rings. The van der Waals surface area contributed by atoms with E-state index in [1.54, 1.807) is 13.0 Å². The van der Waals surface area contributed by atoms with Gasteiger partial charge in [0, 0.05) is 13.0 Å². The molecule has 2 atom stereocenters. The van der Waals surface area contributed by atoms with Crippen molar-refractivity contribution in [2.24, 2.45) is 0 Å². The summed E-state index contributed by atoms with van der Waals surface area (Å²) >= 11 is 7.17. The molecule has 1 aromatic rings. The van der Waals surface area contributed by atoms with Crippen molar-refractivity contribution in [2.45, 2.75) is 50.8 Å². The normalized spacial score (nSPS) is 20.9. The van der Waals surface area contributed by atoms with Gasteiger partial charge in [0.2, 0.25) is 5.91 Å². The van der Waals surface area contributed by atoms with Crippen LogP contribution in [0.25, 0.3) is 0 Å². The molecule has 1 aromatic carbocycles. The van der Waals surface area contributed by atoms with Gasteiger partial charge in [-0.15, -0.1) is 0 Å². The van der Waals surface area contributed by atoms with Crippen LogP contribution in [-0.4, -0.2) is 23.5 Å². The van der Waals surface area contributed by atoms with Gasteiger partial charge in [-0.25, -0.2) is 0 Å². The van der Waals surface area contributed by atoms with Crippen LogP contribution in [0.2, 0.25) is 5.02 Å². The van der Waals surface area contributed by atoms with Gasteiger partial charge in [0.05, 0.1) is 10.6 Å². The lowest BCUT2D eigenvalue weighted by atomic mass is 10.2. The first-order valence-electron chi connectivity index (χ1n) is 8.43. The largest absolute Gasteiger partial charge is 0.449 e. The average Bonchev–Trinajstić information content (AvgIpc) is 2.94. The van der Waals surface area contributed by atoms with Gasteiger partial charge in [0.15, 0.2) is 5.09 Å². The smallest absolute Gasteiger partial charge is 0.416 e. The Morgan fingerprint density at radius 2 is 2.15 bits per heavy atom.